The highest BCUT2D eigenvalue weighted by molar-refractivity contribution is 9.10. The van der Waals surface area contributed by atoms with Gasteiger partial charge in [-0.2, -0.15) is 4.98 Å². The van der Waals surface area contributed by atoms with E-state index in [0.29, 0.717) is 18.3 Å². The topological polar surface area (TPSA) is 79.5 Å². The molecule has 0 bridgehead atoms. The number of rotatable bonds is 5. The van der Waals surface area contributed by atoms with E-state index in [4.69, 9.17) is 9.63 Å². The minimum Gasteiger partial charge on any atom is -0.480 e. The quantitative estimate of drug-likeness (QED) is 0.896. The van der Waals surface area contributed by atoms with Gasteiger partial charge in [-0.25, -0.2) is 0 Å². The Labute approximate surface area is 122 Å². The SMILES string of the molecule is CC(C(=O)O)N(C)Cc1nc(-c2cc(Br)cs2)no1. The molecule has 8 heteroatoms. The Morgan fingerprint density at radius 2 is 2.42 bits per heavy atom. The van der Waals surface area contributed by atoms with E-state index >= 15 is 0 Å². The monoisotopic (exact) mass is 345 g/mol. The number of halogens is 1. The van der Waals surface area contributed by atoms with Gasteiger partial charge < -0.3 is 9.63 Å². The van der Waals surface area contributed by atoms with Crippen LogP contribution in [0.1, 0.15) is 12.8 Å². The van der Waals surface area contributed by atoms with Crippen molar-refractivity contribution in [3.63, 3.8) is 0 Å². The number of aromatic nitrogens is 2. The largest absolute Gasteiger partial charge is 0.480 e. The lowest BCUT2D eigenvalue weighted by Gasteiger charge is -2.18. The summed E-state index contributed by atoms with van der Waals surface area (Å²) in [5.74, 6) is 0.0293. The summed E-state index contributed by atoms with van der Waals surface area (Å²) in [6.45, 7) is 1.91. The maximum absolute atomic E-state index is 10.8. The van der Waals surface area contributed by atoms with Gasteiger partial charge >= 0.3 is 5.97 Å². The van der Waals surface area contributed by atoms with E-state index in [1.54, 1.807) is 18.9 Å². The lowest BCUT2D eigenvalue weighted by Crippen LogP contribution is -2.35. The highest BCUT2D eigenvalue weighted by Gasteiger charge is 2.19. The maximum atomic E-state index is 10.8. The number of carbonyl (C=O) groups is 1. The second-order valence-corrected chi connectivity index (χ2v) is 5.90. The summed E-state index contributed by atoms with van der Waals surface area (Å²) < 4.78 is 6.09. The summed E-state index contributed by atoms with van der Waals surface area (Å²) >= 11 is 4.87. The van der Waals surface area contributed by atoms with Gasteiger partial charge in [0.2, 0.25) is 11.7 Å². The highest BCUT2D eigenvalue weighted by Crippen LogP contribution is 2.27. The van der Waals surface area contributed by atoms with E-state index in [1.165, 1.54) is 11.3 Å². The summed E-state index contributed by atoms with van der Waals surface area (Å²) in [7, 11) is 1.70. The summed E-state index contributed by atoms with van der Waals surface area (Å²) in [6.07, 6.45) is 0. The molecule has 0 spiro atoms. The van der Waals surface area contributed by atoms with Crippen molar-refractivity contribution in [1.82, 2.24) is 15.0 Å². The zero-order valence-electron chi connectivity index (χ0n) is 10.3. The molecule has 0 fully saturated rings. The molecule has 0 amide bonds. The number of carboxylic acids is 1. The Hall–Kier alpha value is -1.25. The molecule has 0 aliphatic heterocycles. The van der Waals surface area contributed by atoms with Crippen LogP contribution in [0.2, 0.25) is 0 Å². The van der Waals surface area contributed by atoms with Crippen LogP contribution >= 0.6 is 27.3 Å². The predicted octanol–water partition coefficient (Wildman–Crippen LogP) is 2.47. The number of nitrogens with zero attached hydrogens (tertiary/aromatic N) is 3. The molecule has 0 aromatic carbocycles. The normalized spacial score (nSPS) is 12.8. The second-order valence-electron chi connectivity index (χ2n) is 4.07. The fourth-order valence-electron chi connectivity index (χ4n) is 1.39. The summed E-state index contributed by atoms with van der Waals surface area (Å²) in [5.41, 5.74) is 0. The molecule has 0 aliphatic rings. The van der Waals surface area contributed by atoms with Gasteiger partial charge in [-0.15, -0.1) is 11.3 Å². The molecule has 0 aliphatic carbocycles. The van der Waals surface area contributed by atoms with E-state index in [-0.39, 0.29) is 0 Å². The van der Waals surface area contributed by atoms with Crippen molar-refractivity contribution in [1.29, 1.82) is 0 Å². The van der Waals surface area contributed by atoms with Crippen LogP contribution in [0.5, 0.6) is 0 Å². The number of hydrogen-bond donors (Lipinski definition) is 1. The predicted molar refractivity (Wildman–Crippen MR) is 73.9 cm³/mol. The third-order valence-electron chi connectivity index (χ3n) is 2.66. The van der Waals surface area contributed by atoms with Crippen molar-refractivity contribution >= 4 is 33.2 Å². The van der Waals surface area contributed by atoms with Gasteiger partial charge in [0.25, 0.3) is 0 Å². The van der Waals surface area contributed by atoms with Crippen LogP contribution in [0.3, 0.4) is 0 Å². The molecule has 1 unspecified atom stereocenters. The van der Waals surface area contributed by atoms with Gasteiger partial charge in [0.15, 0.2) is 0 Å². The number of carboxylic acid groups (broad SMARTS) is 1. The molecular formula is C11H12BrN3O3S. The van der Waals surface area contributed by atoms with Gasteiger partial charge in [-0.3, -0.25) is 9.69 Å². The average molecular weight is 346 g/mol. The first-order valence-electron chi connectivity index (χ1n) is 5.47. The highest BCUT2D eigenvalue weighted by atomic mass is 79.9. The maximum Gasteiger partial charge on any atom is 0.320 e. The van der Waals surface area contributed by atoms with Crippen molar-refractivity contribution < 1.29 is 14.4 Å². The summed E-state index contributed by atoms with van der Waals surface area (Å²) in [4.78, 5) is 17.6. The molecule has 2 aromatic heterocycles. The van der Waals surface area contributed by atoms with Gasteiger partial charge in [-0.1, -0.05) is 5.16 Å². The molecule has 2 rings (SSSR count). The smallest absolute Gasteiger partial charge is 0.320 e. The van der Waals surface area contributed by atoms with Crippen LogP contribution in [0.4, 0.5) is 0 Å². The third-order valence-corrected chi connectivity index (χ3v) is 4.35. The van der Waals surface area contributed by atoms with Crippen LogP contribution in [-0.2, 0) is 11.3 Å². The minimum atomic E-state index is -0.885. The first kappa shape index (κ1) is 14.2. The molecule has 0 radical (unpaired) electrons. The van der Waals surface area contributed by atoms with E-state index < -0.39 is 12.0 Å². The van der Waals surface area contributed by atoms with Gasteiger partial charge in [-0.05, 0) is 36.0 Å². The van der Waals surface area contributed by atoms with Gasteiger partial charge in [0, 0.05) is 9.85 Å². The Morgan fingerprint density at radius 1 is 1.68 bits per heavy atom. The summed E-state index contributed by atoms with van der Waals surface area (Å²) in [6, 6.07) is 1.30. The first-order chi connectivity index (χ1) is 8.97. The first-order valence-corrected chi connectivity index (χ1v) is 7.14. The Balaban J connectivity index is 2.07. The molecule has 6 nitrogen and oxygen atoms in total. The third kappa shape index (κ3) is 3.40. The number of hydrogen-bond acceptors (Lipinski definition) is 6. The van der Waals surface area contributed by atoms with Gasteiger partial charge in [0.1, 0.15) is 6.04 Å². The van der Waals surface area contributed by atoms with Crippen molar-refractivity contribution in [3.05, 3.63) is 21.8 Å². The van der Waals surface area contributed by atoms with E-state index in [9.17, 15) is 4.79 Å². The number of likely N-dealkylation sites (N-methyl/N-ethyl adjacent to an activating group) is 1. The zero-order valence-corrected chi connectivity index (χ0v) is 12.7. The van der Waals surface area contributed by atoms with Crippen LogP contribution < -0.4 is 0 Å². The lowest BCUT2D eigenvalue weighted by atomic mass is 10.3. The van der Waals surface area contributed by atoms with E-state index in [1.807, 2.05) is 11.4 Å². The fraction of sp³-hybridized carbons (Fsp3) is 0.364. The fourth-order valence-corrected chi connectivity index (χ4v) is 2.74. The van der Waals surface area contributed by atoms with Crippen molar-refractivity contribution in [2.75, 3.05) is 7.05 Å². The Morgan fingerprint density at radius 3 is 3.00 bits per heavy atom. The average Bonchev–Trinajstić information content (AvgIpc) is 2.96. The molecule has 0 saturated carbocycles. The van der Waals surface area contributed by atoms with E-state index in [2.05, 4.69) is 26.1 Å². The standard InChI is InChI=1S/C11H12BrN3O3S/c1-6(11(16)17)15(2)4-9-13-10(14-18-9)8-3-7(12)5-19-8/h3,5-6H,4H2,1-2H3,(H,16,17). The van der Waals surface area contributed by atoms with Crippen LogP contribution in [0.25, 0.3) is 10.7 Å². The lowest BCUT2D eigenvalue weighted by molar-refractivity contribution is -0.142. The Kier molecular flexibility index (Phi) is 4.33. The summed E-state index contributed by atoms with van der Waals surface area (Å²) in [5, 5.41) is 14.7. The molecule has 102 valence electrons. The molecule has 1 atom stereocenters. The molecular weight excluding hydrogens is 334 g/mol. The molecule has 19 heavy (non-hydrogen) atoms. The van der Waals surface area contributed by atoms with Crippen LogP contribution in [0.15, 0.2) is 20.4 Å². The van der Waals surface area contributed by atoms with Crippen LogP contribution in [-0.4, -0.2) is 39.2 Å². The van der Waals surface area contributed by atoms with Crippen molar-refractivity contribution in [2.45, 2.75) is 19.5 Å². The number of thiophene rings is 1. The second kappa shape index (κ2) is 5.81. The molecule has 2 aromatic rings. The van der Waals surface area contributed by atoms with E-state index in [0.717, 1.165) is 9.35 Å². The Bertz CT molecular complexity index is 583. The molecule has 2 heterocycles. The van der Waals surface area contributed by atoms with Crippen molar-refractivity contribution in [2.24, 2.45) is 0 Å². The van der Waals surface area contributed by atoms with Crippen LogP contribution in [0, 0.1) is 0 Å². The minimum absolute atomic E-state index is 0.299. The molecule has 1 N–H and O–H groups in total. The van der Waals surface area contributed by atoms with Gasteiger partial charge in [0.05, 0.1) is 11.4 Å². The van der Waals surface area contributed by atoms with Crippen molar-refractivity contribution in [3.8, 4) is 10.7 Å². The molecule has 0 saturated heterocycles. The zero-order chi connectivity index (χ0) is 14.0. The number of aliphatic carboxylic acids is 1.